The third kappa shape index (κ3) is 2.11. The lowest BCUT2D eigenvalue weighted by molar-refractivity contribution is -0.385. The molecular weight excluding hydrogens is 250 g/mol. The molecule has 0 fully saturated rings. The van der Waals surface area contributed by atoms with E-state index in [0.717, 1.165) is 0 Å². The molecule has 0 aromatic heterocycles. The molecule has 1 N–H and O–H groups in total. The van der Waals surface area contributed by atoms with Crippen molar-refractivity contribution in [3.05, 3.63) is 40.5 Å². The summed E-state index contributed by atoms with van der Waals surface area (Å²) in [5.41, 5.74) is 0.867. The zero-order valence-electron chi connectivity index (χ0n) is 7.24. The summed E-state index contributed by atoms with van der Waals surface area (Å²) in [7, 11) is 0. The molecule has 0 aliphatic rings. The number of nitro benzene ring substituents is 1. The number of nitrogens with zero attached hydrogens (tertiary/aromatic N) is 1. The number of phenols is 1. The Morgan fingerprint density at radius 3 is 2.79 bits per heavy atom. The normalized spacial score (nSPS) is 9.79. The summed E-state index contributed by atoms with van der Waals surface area (Å²) in [4.78, 5) is 10.1. The number of hydrogen-bond acceptors (Lipinski definition) is 3. The quantitative estimate of drug-likeness (QED) is 0.515. The second-order valence-electron chi connectivity index (χ2n) is 2.70. The second-order valence-corrected chi connectivity index (χ2v) is 3.26. The molecule has 0 unspecified atom stereocenters. The predicted octanol–water partition coefficient (Wildman–Crippen LogP) is 2.71. The largest absolute Gasteiger partial charge is 0.508 e. The monoisotopic (exact) mass is 257 g/mol. The van der Waals surface area contributed by atoms with Gasteiger partial charge >= 0.3 is 0 Å². The van der Waals surface area contributed by atoms with Crippen LogP contribution in [0.15, 0.2) is 24.8 Å². The molecule has 5 heteroatoms. The first-order valence-electron chi connectivity index (χ1n) is 3.77. The average Bonchev–Trinajstić information content (AvgIpc) is 2.16. The van der Waals surface area contributed by atoms with Crippen molar-refractivity contribution in [2.75, 3.05) is 5.33 Å². The molecule has 0 saturated carbocycles. The number of benzene rings is 1. The van der Waals surface area contributed by atoms with E-state index in [1.807, 2.05) is 0 Å². The van der Waals surface area contributed by atoms with Gasteiger partial charge in [-0.1, -0.05) is 22.5 Å². The number of nitro groups is 1. The maximum Gasteiger partial charge on any atom is 0.277 e. The van der Waals surface area contributed by atoms with Gasteiger partial charge in [0.05, 0.1) is 10.5 Å². The molecule has 0 radical (unpaired) electrons. The van der Waals surface area contributed by atoms with Gasteiger partial charge in [-0.3, -0.25) is 10.1 Å². The van der Waals surface area contributed by atoms with Crippen molar-refractivity contribution in [1.29, 1.82) is 0 Å². The zero-order chi connectivity index (χ0) is 10.7. The van der Waals surface area contributed by atoms with Crippen LogP contribution in [-0.2, 0) is 0 Å². The summed E-state index contributed by atoms with van der Waals surface area (Å²) in [5, 5.41) is 20.2. The minimum absolute atomic E-state index is 0.00676. The molecule has 0 aliphatic heterocycles. The van der Waals surface area contributed by atoms with E-state index < -0.39 is 4.92 Å². The zero-order valence-corrected chi connectivity index (χ0v) is 8.82. The van der Waals surface area contributed by atoms with Gasteiger partial charge in [-0.05, 0) is 17.7 Å². The Morgan fingerprint density at radius 2 is 2.29 bits per heavy atom. The van der Waals surface area contributed by atoms with Crippen LogP contribution >= 0.6 is 15.9 Å². The van der Waals surface area contributed by atoms with Crippen LogP contribution in [0.3, 0.4) is 0 Å². The number of rotatable bonds is 3. The lowest BCUT2D eigenvalue weighted by Crippen LogP contribution is -1.94. The second kappa shape index (κ2) is 4.23. The van der Waals surface area contributed by atoms with E-state index in [2.05, 4.69) is 22.5 Å². The lowest BCUT2D eigenvalue weighted by Gasteiger charge is -2.03. The minimum atomic E-state index is -0.497. The minimum Gasteiger partial charge on any atom is -0.508 e. The van der Waals surface area contributed by atoms with Crippen molar-refractivity contribution in [2.45, 2.75) is 0 Å². The van der Waals surface area contributed by atoms with E-state index in [-0.39, 0.29) is 11.4 Å². The van der Waals surface area contributed by atoms with E-state index in [0.29, 0.717) is 16.5 Å². The molecule has 0 atom stereocenters. The molecule has 0 spiro atoms. The maximum absolute atomic E-state index is 10.6. The molecule has 14 heavy (non-hydrogen) atoms. The van der Waals surface area contributed by atoms with E-state index in [9.17, 15) is 15.2 Å². The highest BCUT2D eigenvalue weighted by Gasteiger charge is 2.15. The van der Waals surface area contributed by atoms with Gasteiger partial charge in [-0.15, -0.1) is 0 Å². The summed E-state index contributed by atoms with van der Waals surface area (Å²) >= 11 is 3.16. The highest BCUT2D eigenvalue weighted by atomic mass is 79.9. The van der Waals surface area contributed by atoms with Crippen LogP contribution in [0.5, 0.6) is 5.75 Å². The first-order chi connectivity index (χ1) is 6.56. The van der Waals surface area contributed by atoms with Gasteiger partial charge in [-0.2, -0.15) is 0 Å². The van der Waals surface area contributed by atoms with Gasteiger partial charge in [0.15, 0.2) is 0 Å². The highest BCUT2D eigenvalue weighted by molar-refractivity contribution is 9.09. The molecule has 0 bridgehead atoms. The Morgan fingerprint density at radius 1 is 1.64 bits per heavy atom. The van der Waals surface area contributed by atoms with Crippen LogP contribution in [0.2, 0.25) is 0 Å². The summed E-state index contributed by atoms with van der Waals surface area (Å²) in [6, 6.07) is 3.88. The summed E-state index contributed by atoms with van der Waals surface area (Å²) in [5.74, 6) is -0.00676. The number of aromatic hydroxyl groups is 1. The Labute approximate surface area is 89.2 Å². The lowest BCUT2D eigenvalue weighted by atomic mass is 10.1. The van der Waals surface area contributed by atoms with E-state index in [1.165, 1.54) is 18.2 Å². The molecule has 1 aromatic rings. The fourth-order valence-corrected chi connectivity index (χ4v) is 1.34. The summed E-state index contributed by atoms with van der Waals surface area (Å²) < 4.78 is 0. The summed E-state index contributed by atoms with van der Waals surface area (Å²) in [6.45, 7) is 3.67. The topological polar surface area (TPSA) is 63.4 Å². The molecule has 0 amide bonds. The van der Waals surface area contributed by atoms with Crippen LogP contribution in [0.25, 0.3) is 5.57 Å². The van der Waals surface area contributed by atoms with Crippen LogP contribution in [-0.4, -0.2) is 15.4 Å². The van der Waals surface area contributed by atoms with Crippen LogP contribution in [0.1, 0.15) is 5.56 Å². The van der Waals surface area contributed by atoms with E-state index in [4.69, 9.17) is 0 Å². The van der Waals surface area contributed by atoms with E-state index >= 15 is 0 Å². The van der Waals surface area contributed by atoms with Gasteiger partial charge in [0.1, 0.15) is 5.75 Å². The van der Waals surface area contributed by atoms with Crippen LogP contribution in [0, 0.1) is 10.1 Å². The molecular formula is C9H8BrNO3. The first-order valence-corrected chi connectivity index (χ1v) is 4.90. The summed E-state index contributed by atoms with van der Waals surface area (Å²) in [6.07, 6.45) is 0. The van der Waals surface area contributed by atoms with Crippen LogP contribution in [0.4, 0.5) is 5.69 Å². The molecule has 0 aliphatic carbocycles. The molecule has 4 nitrogen and oxygen atoms in total. The van der Waals surface area contributed by atoms with E-state index in [1.54, 1.807) is 0 Å². The Kier molecular flexibility index (Phi) is 3.24. The Hall–Kier alpha value is -1.36. The predicted molar refractivity (Wildman–Crippen MR) is 57.6 cm³/mol. The number of alkyl halides is 1. The van der Waals surface area contributed by atoms with Gasteiger partial charge in [0.2, 0.25) is 0 Å². The number of hydrogen-bond donors (Lipinski definition) is 1. The molecule has 1 aromatic carbocycles. The standard InChI is InChI=1S/C9H8BrNO3/c1-6(5-10)8-4-7(12)2-3-9(8)11(13)14/h2-4,12H,1,5H2. The Balaban J connectivity index is 3.29. The molecule has 74 valence electrons. The van der Waals surface area contributed by atoms with Crippen LogP contribution < -0.4 is 0 Å². The van der Waals surface area contributed by atoms with Gasteiger partial charge < -0.3 is 5.11 Å². The Bertz CT molecular complexity index is 390. The smallest absolute Gasteiger partial charge is 0.277 e. The molecule has 0 heterocycles. The third-order valence-corrected chi connectivity index (χ3v) is 2.40. The van der Waals surface area contributed by atoms with Gasteiger partial charge in [-0.25, -0.2) is 0 Å². The van der Waals surface area contributed by atoms with Crippen molar-refractivity contribution in [2.24, 2.45) is 0 Å². The first kappa shape index (κ1) is 10.7. The van der Waals surface area contributed by atoms with Crippen molar-refractivity contribution >= 4 is 27.2 Å². The van der Waals surface area contributed by atoms with Gasteiger partial charge in [0.25, 0.3) is 5.69 Å². The average molecular weight is 258 g/mol. The fourth-order valence-electron chi connectivity index (χ4n) is 1.04. The van der Waals surface area contributed by atoms with Crippen molar-refractivity contribution < 1.29 is 10.0 Å². The van der Waals surface area contributed by atoms with Crippen molar-refractivity contribution in [3.63, 3.8) is 0 Å². The SMILES string of the molecule is C=C(CBr)c1cc(O)ccc1[N+](=O)[O-]. The molecule has 1 rings (SSSR count). The van der Waals surface area contributed by atoms with Crippen molar-refractivity contribution in [3.8, 4) is 5.75 Å². The fraction of sp³-hybridized carbons (Fsp3) is 0.111. The molecule has 0 saturated heterocycles. The highest BCUT2D eigenvalue weighted by Crippen LogP contribution is 2.29. The number of halogens is 1. The number of allylic oxidation sites excluding steroid dienone is 1. The number of phenolic OH excluding ortho intramolecular Hbond substituents is 1. The maximum atomic E-state index is 10.6. The van der Waals surface area contributed by atoms with Gasteiger partial charge in [0, 0.05) is 11.4 Å². The van der Waals surface area contributed by atoms with Crippen molar-refractivity contribution in [1.82, 2.24) is 0 Å². The third-order valence-electron chi connectivity index (χ3n) is 1.72.